The molecule has 0 bridgehead atoms. The van der Waals surface area contributed by atoms with E-state index in [2.05, 4.69) is 11.4 Å². The predicted molar refractivity (Wildman–Crippen MR) is 106 cm³/mol. The number of aryl methyl sites for hydroxylation is 1. The fraction of sp³-hybridized carbons (Fsp3) is 0.350. The first-order valence-electron chi connectivity index (χ1n) is 9.18. The number of rotatable bonds is 5. The van der Waals surface area contributed by atoms with Gasteiger partial charge in [0.2, 0.25) is 5.91 Å². The van der Waals surface area contributed by atoms with Crippen molar-refractivity contribution in [1.29, 1.82) is 0 Å². The maximum atomic E-state index is 12.8. The van der Waals surface area contributed by atoms with Gasteiger partial charge in [0.05, 0.1) is 11.6 Å². The second kappa shape index (κ2) is 7.15. The van der Waals surface area contributed by atoms with Gasteiger partial charge in [-0.25, -0.2) is 4.79 Å². The number of carbonyl (C=O) groups is 1. The molecule has 2 aromatic heterocycles. The average molecular weight is 383 g/mol. The van der Waals surface area contributed by atoms with Crippen LogP contribution in [0.3, 0.4) is 0 Å². The van der Waals surface area contributed by atoms with Crippen LogP contribution in [-0.2, 0) is 24.3 Å². The Balaban J connectivity index is 1.64. The van der Waals surface area contributed by atoms with Gasteiger partial charge >= 0.3 is 5.69 Å². The Labute approximate surface area is 160 Å². The minimum atomic E-state index is -0.422. The molecular weight excluding hydrogens is 362 g/mol. The Morgan fingerprint density at radius 1 is 1.22 bits per heavy atom. The maximum Gasteiger partial charge on any atom is 0.332 e. The number of carbonyl (C=O) groups excluding carboxylic acids is 1. The summed E-state index contributed by atoms with van der Waals surface area (Å²) >= 11 is 1.30. The topological polar surface area (TPSA) is 73.1 Å². The maximum absolute atomic E-state index is 12.8. The molecule has 7 heteroatoms. The van der Waals surface area contributed by atoms with Crippen LogP contribution in [0.5, 0.6) is 0 Å². The number of hydrogen-bond acceptors (Lipinski definition) is 4. The van der Waals surface area contributed by atoms with E-state index in [1.54, 1.807) is 11.4 Å². The lowest BCUT2D eigenvalue weighted by molar-refractivity contribution is -0.122. The van der Waals surface area contributed by atoms with E-state index in [0.717, 1.165) is 18.4 Å². The van der Waals surface area contributed by atoms with Gasteiger partial charge in [-0.3, -0.25) is 18.7 Å². The Morgan fingerprint density at radius 3 is 2.85 bits per heavy atom. The zero-order valence-corrected chi connectivity index (χ0v) is 15.9. The minimum absolute atomic E-state index is 0.0242. The number of nitrogens with zero attached hydrogens (tertiary/aromatic N) is 2. The molecule has 1 amide bonds. The van der Waals surface area contributed by atoms with Gasteiger partial charge in [0.25, 0.3) is 5.56 Å². The van der Waals surface area contributed by atoms with E-state index < -0.39 is 5.69 Å². The first kappa shape index (κ1) is 17.7. The highest BCUT2D eigenvalue weighted by molar-refractivity contribution is 7.17. The minimum Gasteiger partial charge on any atom is -0.348 e. The number of benzene rings is 1. The first-order valence-corrected chi connectivity index (χ1v) is 10.1. The molecule has 2 heterocycles. The summed E-state index contributed by atoms with van der Waals surface area (Å²) in [6.07, 6.45) is 2.48. The van der Waals surface area contributed by atoms with Crippen molar-refractivity contribution in [1.82, 2.24) is 14.5 Å². The molecule has 6 nitrogen and oxygen atoms in total. The molecule has 1 atom stereocenters. The fourth-order valence-corrected chi connectivity index (χ4v) is 4.64. The molecule has 27 heavy (non-hydrogen) atoms. The van der Waals surface area contributed by atoms with Crippen LogP contribution in [0.4, 0.5) is 0 Å². The lowest BCUT2D eigenvalue weighted by atomic mass is 10.1. The van der Waals surface area contributed by atoms with Gasteiger partial charge in [-0.2, -0.15) is 0 Å². The molecular formula is C20H21N3O3S. The van der Waals surface area contributed by atoms with Crippen LogP contribution in [0.25, 0.3) is 10.2 Å². The van der Waals surface area contributed by atoms with E-state index >= 15 is 0 Å². The smallest absolute Gasteiger partial charge is 0.332 e. The van der Waals surface area contributed by atoms with Gasteiger partial charge in [0.15, 0.2) is 0 Å². The van der Waals surface area contributed by atoms with Gasteiger partial charge in [-0.1, -0.05) is 31.2 Å². The molecule has 0 spiro atoms. The van der Waals surface area contributed by atoms with E-state index in [-0.39, 0.29) is 24.1 Å². The molecule has 0 radical (unpaired) electrons. The third-order valence-electron chi connectivity index (χ3n) is 5.05. The zero-order chi connectivity index (χ0) is 19.0. The second-order valence-electron chi connectivity index (χ2n) is 6.82. The molecule has 1 aromatic carbocycles. The van der Waals surface area contributed by atoms with Crippen LogP contribution in [0, 0.1) is 0 Å². The summed E-state index contributed by atoms with van der Waals surface area (Å²) in [5, 5.41) is 4.83. The number of nitrogens with one attached hydrogen (secondary N) is 1. The summed E-state index contributed by atoms with van der Waals surface area (Å²) < 4.78 is 3.16. The summed E-state index contributed by atoms with van der Waals surface area (Å²) in [7, 11) is 0. The van der Waals surface area contributed by atoms with E-state index in [1.807, 2.05) is 25.1 Å². The molecule has 1 aliphatic rings. The third-order valence-corrected chi connectivity index (χ3v) is 5.95. The number of hydrogen-bond donors (Lipinski definition) is 1. The van der Waals surface area contributed by atoms with Crippen molar-refractivity contribution >= 4 is 27.5 Å². The van der Waals surface area contributed by atoms with Gasteiger partial charge < -0.3 is 5.32 Å². The number of thiophene rings is 1. The van der Waals surface area contributed by atoms with E-state index in [0.29, 0.717) is 23.2 Å². The van der Waals surface area contributed by atoms with Crippen molar-refractivity contribution in [2.24, 2.45) is 0 Å². The zero-order valence-electron chi connectivity index (χ0n) is 15.1. The molecule has 0 saturated carbocycles. The third kappa shape index (κ3) is 3.12. The Hall–Kier alpha value is -2.67. The van der Waals surface area contributed by atoms with Gasteiger partial charge in [-0.15, -0.1) is 11.3 Å². The number of aromatic nitrogens is 2. The largest absolute Gasteiger partial charge is 0.348 e. The number of amides is 1. The monoisotopic (exact) mass is 383 g/mol. The van der Waals surface area contributed by atoms with Crippen molar-refractivity contribution in [2.75, 3.05) is 0 Å². The normalized spacial score (nSPS) is 15.8. The highest BCUT2D eigenvalue weighted by atomic mass is 32.1. The Bertz CT molecular complexity index is 1130. The van der Waals surface area contributed by atoms with Crippen molar-refractivity contribution < 1.29 is 4.79 Å². The fourth-order valence-electron chi connectivity index (χ4n) is 3.80. The highest BCUT2D eigenvalue weighted by Crippen LogP contribution is 2.30. The Kier molecular flexibility index (Phi) is 4.70. The first-order chi connectivity index (χ1) is 13.1. The van der Waals surface area contributed by atoms with Crippen molar-refractivity contribution in [3.63, 3.8) is 0 Å². The van der Waals surface area contributed by atoms with E-state index in [9.17, 15) is 14.4 Å². The predicted octanol–water partition coefficient (Wildman–Crippen LogP) is 2.44. The van der Waals surface area contributed by atoms with Gasteiger partial charge in [0, 0.05) is 6.54 Å². The van der Waals surface area contributed by atoms with Crippen LogP contribution in [0.2, 0.25) is 0 Å². The Morgan fingerprint density at radius 2 is 2.04 bits per heavy atom. The molecule has 1 aliphatic carbocycles. The van der Waals surface area contributed by atoms with Crippen LogP contribution >= 0.6 is 11.3 Å². The standard InChI is InChI=1S/C20H21N3O3S/c1-2-10-22-19(25)18-16(9-11-27-18)23(20(22)26)12-17(24)21-15-8-7-13-5-3-4-6-14(13)15/h3-6,9,11,15H,2,7-8,10,12H2,1H3,(H,21,24). The molecule has 0 aliphatic heterocycles. The van der Waals surface area contributed by atoms with Crippen LogP contribution in [0.15, 0.2) is 45.3 Å². The van der Waals surface area contributed by atoms with E-state index in [1.165, 1.54) is 26.0 Å². The van der Waals surface area contributed by atoms with Crippen molar-refractivity contribution in [3.8, 4) is 0 Å². The van der Waals surface area contributed by atoms with Crippen LogP contribution in [0.1, 0.15) is 36.9 Å². The highest BCUT2D eigenvalue weighted by Gasteiger charge is 2.24. The van der Waals surface area contributed by atoms with Crippen molar-refractivity contribution in [2.45, 2.75) is 45.3 Å². The summed E-state index contributed by atoms with van der Waals surface area (Å²) in [4.78, 5) is 38.0. The molecule has 1 N–H and O–H groups in total. The summed E-state index contributed by atoms with van der Waals surface area (Å²) in [6, 6.07) is 9.82. The second-order valence-corrected chi connectivity index (χ2v) is 7.73. The van der Waals surface area contributed by atoms with Crippen LogP contribution < -0.4 is 16.6 Å². The molecule has 3 aromatic rings. The lowest BCUT2D eigenvalue weighted by Crippen LogP contribution is -2.42. The SMILES string of the molecule is CCCn1c(=O)c2sccc2n(CC(=O)NC2CCc3ccccc32)c1=O. The summed E-state index contributed by atoms with van der Waals surface area (Å²) in [6.45, 7) is 2.18. The molecule has 140 valence electrons. The number of fused-ring (bicyclic) bond motifs is 2. The van der Waals surface area contributed by atoms with Gasteiger partial charge in [-0.05, 0) is 41.8 Å². The molecule has 0 saturated heterocycles. The summed E-state index contributed by atoms with van der Waals surface area (Å²) in [5.41, 5.74) is 2.25. The molecule has 1 unspecified atom stereocenters. The quantitative estimate of drug-likeness (QED) is 0.735. The van der Waals surface area contributed by atoms with E-state index in [4.69, 9.17) is 0 Å². The van der Waals surface area contributed by atoms with Crippen LogP contribution in [-0.4, -0.2) is 15.0 Å². The van der Waals surface area contributed by atoms with Crippen molar-refractivity contribution in [3.05, 3.63) is 67.7 Å². The molecule has 0 fully saturated rings. The molecule has 4 rings (SSSR count). The summed E-state index contributed by atoms with van der Waals surface area (Å²) in [5.74, 6) is -0.215. The lowest BCUT2D eigenvalue weighted by Gasteiger charge is -2.16. The average Bonchev–Trinajstić information content (AvgIpc) is 3.30. The van der Waals surface area contributed by atoms with Gasteiger partial charge in [0.1, 0.15) is 11.2 Å².